The van der Waals surface area contributed by atoms with Crippen LogP contribution in [0.1, 0.15) is 16.7 Å². The molecule has 0 saturated heterocycles. The summed E-state index contributed by atoms with van der Waals surface area (Å²) in [5.74, 6) is 0.0278. The molecule has 2 rings (SSSR count). The molecule has 2 aromatic rings. The molecule has 0 spiro atoms. The number of hydrogen-bond acceptors (Lipinski definition) is 6. The van der Waals surface area contributed by atoms with Gasteiger partial charge in [-0.3, -0.25) is 4.79 Å². The summed E-state index contributed by atoms with van der Waals surface area (Å²) in [4.78, 5) is 26.2. The van der Waals surface area contributed by atoms with E-state index in [4.69, 9.17) is 14.2 Å². The van der Waals surface area contributed by atoms with Gasteiger partial charge in [-0.2, -0.15) is 0 Å². The third-order valence-corrected chi connectivity index (χ3v) is 4.42. The monoisotopic (exact) mass is 375 g/mol. The van der Waals surface area contributed by atoms with Gasteiger partial charge in [-0.25, -0.2) is 4.79 Å². The smallest absolute Gasteiger partial charge is 0.331 e. The molecule has 0 fully saturated rings. The molecule has 1 heterocycles. The van der Waals surface area contributed by atoms with Crippen LogP contribution in [-0.2, 0) is 14.3 Å². The molecule has 0 aliphatic rings. The number of aryl methyl sites for hydroxylation is 1. The van der Waals surface area contributed by atoms with Crippen LogP contribution in [0.2, 0.25) is 0 Å². The minimum atomic E-state index is -0.940. The maximum absolute atomic E-state index is 12.2. The van der Waals surface area contributed by atoms with E-state index in [0.717, 1.165) is 9.75 Å². The Morgan fingerprint density at radius 3 is 2.46 bits per heavy atom. The number of amides is 1. The molecule has 1 amide bonds. The number of hydrogen-bond donors (Lipinski definition) is 1. The molecule has 6 nitrogen and oxygen atoms in total. The van der Waals surface area contributed by atoms with Crippen molar-refractivity contribution in [3.05, 3.63) is 46.2 Å². The van der Waals surface area contributed by atoms with Crippen molar-refractivity contribution in [1.29, 1.82) is 0 Å². The fourth-order valence-electron chi connectivity index (χ4n) is 2.12. The lowest BCUT2D eigenvalue weighted by molar-refractivity contribution is -0.148. The van der Waals surface area contributed by atoms with E-state index in [0.29, 0.717) is 17.2 Å². The summed E-state index contributed by atoms with van der Waals surface area (Å²) in [6, 6.07) is 8.86. The van der Waals surface area contributed by atoms with Crippen LogP contribution in [0, 0.1) is 6.92 Å². The number of methoxy groups -OCH3 is 2. The highest BCUT2D eigenvalue weighted by Crippen LogP contribution is 2.29. The second kappa shape index (κ2) is 9.05. The first kappa shape index (κ1) is 19.5. The van der Waals surface area contributed by atoms with E-state index in [2.05, 4.69) is 5.32 Å². The van der Waals surface area contributed by atoms with Crippen LogP contribution in [0.15, 0.2) is 36.4 Å². The van der Waals surface area contributed by atoms with Crippen molar-refractivity contribution in [3.8, 4) is 11.5 Å². The predicted molar refractivity (Wildman–Crippen MR) is 102 cm³/mol. The average molecular weight is 375 g/mol. The Kier molecular flexibility index (Phi) is 6.80. The van der Waals surface area contributed by atoms with Crippen molar-refractivity contribution in [2.24, 2.45) is 0 Å². The number of rotatable bonds is 7. The van der Waals surface area contributed by atoms with Gasteiger partial charge < -0.3 is 19.5 Å². The molecule has 7 heteroatoms. The van der Waals surface area contributed by atoms with Crippen LogP contribution in [-0.4, -0.2) is 32.2 Å². The molecule has 0 aliphatic carbocycles. The van der Waals surface area contributed by atoms with Crippen LogP contribution in [0.4, 0.5) is 5.69 Å². The third-order valence-electron chi connectivity index (χ3n) is 3.46. The summed E-state index contributed by atoms with van der Waals surface area (Å²) >= 11 is 1.57. The van der Waals surface area contributed by atoms with E-state index >= 15 is 0 Å². The SMILES string of the molecule is COc1ccc(NC(=O)[C@H](C)OC(=O)/C=C/c2ccc(C)s2)cc1OC. The molecule has 1 aromatic heterocycles. The number of esters is 1. The zero-order valence-corrected chi connectivity index (χ0v) is 15.9. The van der Waals surface area contributed by atoms with Crippen LogP contribution >= 0.6 is 11.3 Å². The maximum atomic E-state index is 12.2. The summed E-state index contributed by atoms with van der Waals surface area (Å²) in [7, 11) is 3.04. The van der Waals surface area contributed by atoms with Gasteiger partial charge in [0, 0.05) is 27.6 Å². The van der Waals surface area contributed by atoms with E-state index in [1.807, 2.05) is 19.1 Å². The zero-order chi connectivity index (χ0) is 19.1. The highest BCUT2D eigenvalue weighted by Gasteiger charge is 2.17. The molecule has 1 N–H and O–H groups in total. The molecule has 0 radical (unpaired) electrons. The summed E-state index contributed by atoms with van der Waals surface area (Å²) in [5.41, 5.74) is 0.514. The van der Waals surface area contributed by atoms with E-state index < -0.39 is 18.0 Å². The fraction of sp³-hybridized carbons (Fsp3) is 0.263. The summed E-state index contributed by atoms with van der Waals surface area (Å²) < 4.78 is 15.5. The van der Waals surface area contributed by atoms with Gasteiger partial charge in [0.15, 0.2) is 17.6 Å². The normalized spacial score (nSPS) is 11.8. The first-order valence-corrected chi connectivity index (χ1v) is 8.72. The summed E-state index contributed by atoms with van der Waals surface area (Å²) in [6.07, 6.45) is 2.04. The Morgan fingerprint density at radius 1 is 1.12 bits per heavy atom. The van der Waals surface area contributed by atoms with Crippen molar-refractivity contribution < 1.29 is 23.8 Å². The minimum absolute atomic E-state index is 0.439. The van der Waals surface area contributed by atoms with Crippen LogP contribution in [0.25, 0.3) is 6.08 Å². The standard InChI is InChI=1S/C19H21NO5S/c1-12-5-7-15(26-12)8-10-18(21)25-13(2)19(22)20-14-6-9-16(23-3)17(11-14)24-4/h5-11,13H,1-4H3,(H,20,22)/b10-8+/t13-/m0/s1. The lowest BCUT2D eigenvalue weighted by Gasteiger charge is -2.14. The molecule has 0 saturated carbocycles. The lowest BCUT2D eigenvalue weighted by Crippen LogP contribution is -2.29. The highest BCUT2D eigenvalue weighted by molar-refractivity contribution is 7.12. The van der Waals surface area contributed by atoms with Crippen LogP contribution in [0.3, 0.4) is 0 Å². The number of benzene rings is 1. The van der Waals surface area contributed by atoms with Crippen molar-refractivity contribution in [2.75, 3.05) is 19.5 Å². The van der Waals surface area contributed by atoms with Crippen molar-refractivity contribution >= 4 is 35.0 Å². The van der Waals surface area contributed by atoms with Crippen molar-refractivity contribution in [3.63, 3.8) is 0 Å². The van der Waals surface area contributed by atoms with Crippen molar-refractivity contribution in [2.45, 2.75) is 20.0 Å². The maximum Gasteiger partial charge on any atom is 0.331 e. The van der Waals surface area contributed by atoms with Gasteiger partial charge in [0.05, 0.1) is 14.2 Å². The van der Waals surface area contributed by atoms with Gasteiger partial charge in [-0.05, 0) is 44.2 Å². The molecule has 138 valence electrons. The number of ether oxygens (including phenoxy) is 3. The number of anilines is 1. The Morgan fingerprint density at radius 2 is 1.85 bits per heavy atom. The molecule has 0 bridgehead atoms. The zero-order valence-electron chi connectivity index (χ0n) is 15.1. The van der Waals surface area contributed by atoms with Gasteiger partial charge in [0.25, 0.3) is 5.91 Å². The number of nitrogens with one attached hydrogen (secondary N) is 1. The Bertz CT molecular complexity index is 812. The average Bonchev–Trinajstić information content (AvgIpc) is 3.05. The van der Waals surface area contributed by atoms with Gasteiger partial charge in [0.1, 0.15) is 0 Å². The molecule has 1 aromatic carbocycles. The van der Waals surface area contributed by atoms with Crippen molar-refractivity contribution in [1.82, 2.24) is 0 Å². The third kappa shape index (κ3) is 5.35. The second-order valence-electron chi connectivity index (χ2n) is 5.42. The van der Waals surface area contributed by atoms with Gasteiger partial charge in [-0.1, -0.05) is 0 Å². The topological polar surface area (TPSA) is 73.9 Å². The molecule has 0 aliphatic heterocycles. The van der Waals surface area contributed by atoms with Gasteiger partial charge in [-0.15, -0.1) is 11.3 Å². The van der Waals surface area contributed by atoms with E-state index in [1.54, 1.807) is 35.6 Å². The van der Waals surface area contributed by atoms with Gasteiger partial charge in [0.2, 0.25) is 0 Å². The number of carbonyl (C=O) groups is 2. The molecule has 1 atom stereocenters. The Labute approximate surface area is 156 Å². The van der Waals surface area contributed by atoms with E-state index in [-0.39, 0.29) is 0 Å². The predicted octanol–water partition coefficient (Wildman–Crippen LogP) is 3.66. The fourth-order valence-corrected chi connectivity index (χ4v) is 2.90. The first-order chi connectivity index (χ1) is 12.4. The Hall–Kier alpha value is -2.80. The van der Waals surface area contributed by atoms with E-state index in [1.165, 1.54) is 27.2 Å². The Balaban J connectivity index is 1.92. The quantitative estimate of drug-likeness (QED) is 0.591. The molecule has 0 unspecified atom stereocenters. The summed E-state index contributed by atoms with van der Waals surface area (Å²) in [6.45, 7) is 3.50. The molecule has 26 heavy (non-hydrogen) atoms. The first-order valence-electron chi connectivity index (χ1n) is 7.91. The molecular weight excluding hydrogens is 354 g/mol. The second-order valence-corrected chi connectivity index (χ2v) is 6.74. The highest BCUT2D eigenvalue weighted by atomic mass is 32.1. The van der Waals surface area contributed by atoms with Crippen LogP contribution in [0.5, 0.6) is 11.5 Å². The lowest BCUT2D eigenvalue weighted by atomic mass is 10.2. The van der Waals surface area contributed by atoms with Gasteiger partial charge >= 0.3 is 5.97 Å². The largest absolute Gasteiger partial charge is 0.493 e. The minimum Gasteiger partial charge on any atom is -0.493 e. The molecular formula is C19H21NO5S. The van der Waals surface area contributed by atoms with Crippen LogP contribution < -0.4 is 14.8 Å². The number of carbonyl (C=O) groups excluding carboxylic acids is 2. The summed E-state index contributed by atoms with van der Waals surface area (Å²) in [5, 5.41) is 2.68. The van der Waals surface area contributed by atoms with E-state index in [9.17, 15) is 9.59 Å². The number of thiophene rings is 1.